The molecule has 3 nitrogen and oxygen atoms in total. The van der Waals surface area contributed by atoms with E-state index in [0.29, 0.717) is 0 Å². The average Bonchev–Trinajstić information content (AvgIpc) is 2.31. The van der Waals surface area contributed by atoms with Gasteiger partial charge >= 0.3 is 0 Å². The van der Waals surface area contributed by atoms with E-state index in [9.17, 15) is 0 Å². The minimum atomic E-state index is 0.730. The molecule has 0 aliphatic carbocycles. The van der Waals surface area contributed by atoms with E-state index in [2.05, 4.69) is 24.0 Å². The zero-order valence-electron chi connectivity index (χ0n) is 9.77. The van der Waals surface area contributed by atoms with E-state index in [1.165, 1.54) is 17.3 Å². The molecular formula is C12H15N3S. The number of aliphatic imine (C=N–C) groups is 1. The minimum absolute atomic E-state index is 0.730. The van der Waals surface area contributed by atoms with Gasteiger partial charge in [0, 0.05) is 12.2 Å². The van der Waals surface area contributed by atoms with E-state index in [0.717, 1.165) is 17.4 Å². The van der Waals surface area contributed by atoms with Gasteiger partial charge in [0.1, 0.15) is 0 Å². The lowest BCUT2D eigenvalue weighted by Gasteiger charge is -2.22. The molecule has 0 fully saturated rings. The molecule has 0 atom stereocenters. The van der Waals surface area contributed by atoms with Gasteiger partial charge in [0.2, 0.25) is 6.19 Å². The Labute approximate surface area is 101 Å². The third-order valence-electron chi connectivity index (χ3n) is 2.22. The van der Waals surface area contributed by atoms with Gasteiger partial charge in [-0.15, -0.1) is 4.99 Å². The fourth-order valence-corrected chi connectivity index (χ4v) is 2.00. The Balaban J connectivity index is 3.02. The summed E-state index contributed by atoms with van der Waals surface area (Å²) in [6.45, 7) is 4.90. The lowest BCUT2D eigenvalue weighted by atomic mass is 10.2. The van der Waals surface area contributed by atoms with Crippen LogP contribution >= 0.6 is 11.8 Å². The van der Waals surface area contributed by atoms with E-state index < -0.39 is 0 Å². The van der Waals surface area contributed by atoms with Gasteiger partial charge in [0.15, 0.2) is 5.17 Å². The Morgan fingerprint density at radius 1 is 1.44 bits per heavy atom. The van der Waals surface area contributed by atoms with Gasteiger partial charge in [-0.25, -0.2) is 0 Å². The lowest BCUT2D eigenvalue weighted by molar-refractivity contribution is 1.07. The van der Waals surface area contributed by atoms with Crippen molar-refractivity contribution in [3.05, 3.63) is 29.8 Å². The summed E-state index contributed by atoms with van der Waals surface area (Å²) >= 11 is 1.48. The van der Waals surface area contributed by atoms with Crippen molar-refractivity contribution >= 4 is 22.6 Å². The molecule has 0 heterocycles. The topological polar surface area (TPSA) is 39.4 Å². The smallest absolute Gasteiger partial charge is 0.208 e. The molecule has 0 spiro atoms. The molecule has 84 valence electrons. The maximum absolute atomic E-state index is 8.63. The SMILES string of the molecule is CCN(C(=NC#N)SC)c1ccc(C)cc1. The fraction of sp³-hybridized carbons (Fsp3) is 0.333. The quantitative estimate of drug-likeness (QED) is 0.448. The number of rotatable bonds is 2. The number of hydrogen-bond donors (Lipinski definition) is 0. The lowest BCUT2D eigenvalue weighted by Crippen LogP contribution is -2.27. The summed E-state index contributed by atoms with van der Waals surface area (Å²) in [6, 6.07) is 8.20. The molecule has 0 saturated heterocycles. The van der Waals surface area contributed by atoms with E-state index in [-0.39, 0.29) is 0 Å². The second kappa shape index (κ2) is 6.19. The highest BCUT2D eigenvalue weighted by Gasteiger charge is 2.10. The predicted molar refractivity (Wildman–Crippen MR) is 70.8 cm³/mol. The van der Waals surface area contributed by atoms with Crippen LogP contribution in [0.25, 0.3) is 0 Å². The second-order valence-electron chi connectivity index (χ2n) is 3.28. The Morgan fingerprint density at radius 2 is 2.06 bits per heavy atom. The van der Waals surface area contributed by atoms with E-state index in [1.54, 1.807) is 0 Å². The molecule has 1 rings (SSSR count). The highest BCUT2D eigenvalue weighted by molar-refractivity contribution is 8.13. The van der Waals surface area contributed by atoms with Gasteiger partial charge in [0.05, 0.1) is 0 Å². The summed E-state index contributed by atoms with van der Waals surface area (Å²) < 4.78 is 0. The average molecular weight is 233 g/mol. The van der Waals surface area contributed by atoms with Crippen LogP contribution in [0.4, 0.5) is 5.69 Å². The third-order valence-corrected chi connectivity index (χ3v) is 2.90. The molecule has 16 heavy (non-hydrogen) atoms. The zero-order valence-corrected chi connectivity index (χ0v) is 10.6. The predicted octanol–water partition coefficient (Wildman–Crippen LogP) is 3.02. The standard InChI is InChI=1S/C12H15N3S/c1-4-15(12(16-3)14-9-13)11-7-5-10(2)6-8-11/h5-8H,4H2,1-3H3. The van der Waals surface area contributed by atoms with E-state index in [4.69, 9.17) is 5.26 Å². The first-order chi connectivity index (χ1) is 7.72. The number of nitrogens with zero attached hydrogens (tertiary/aromatic N) is 3. The summed E-state index contributed by atoms with van der Waals surface area (Å²) in [7, 11) is 0. The molecule has 0 radical (unpaired) electrons. The van der Waals surface area contributed by atoms with Crippen LogP contribution in [-0.2, 0) is 0 Å². The normalized spacial score (nSPS) is 11.0. The third kappa shape index (κ3) is 3.01. The van der Waals surface area contributed by atoms with Crippen molar-refractivity contribution in [2.45, 2.75) is 13.8 Å². The summed E-state index contributed by atoms with van der Waals surface area (Å²) in [5.41, 5.74) is 2.29. The first-order valence-corrected chi connectivity index (χ1v) is 6.30. The Morgan fingerprint density at radius 3 is 2.50 bits per heavy atom. The van der Waals surface area contributed by atoms with Gasteiger partial charge in [-0.1, -0.05) is 29.5 Å². The number of nitriles is 1. The maximum atomic E-state index is 8.63. The van der Waals surface area contributed by atoms with Gasteiger partial charge < -0.3 is 4.90 Å². The van der Waals surface area contributed by atoms with Crippen LogP contribution in [0, 0.1) is 18.4 Å². The Kier molecular flexibility index (Phi) is 4.87. The zero-order chi connectivity index (χ0) is 12.0. The molecule has 0 aromatic heterocycles. The molecule has 1 aromatic rings. The van der Waals surface area contributed by atoms with Crippen LogP contribution < -0.4 is 4.90 Å². The van der Waals surface area contributed by atoms with Crippen LogP contribution in [0.5, 0.6) is 0 Å². The van der Waals surface area contributed by atoms with Gasteiger partial charge in [-0.2, -0.15) is 5.26 Å². The fourth-order valence-electron chi connectivity index (χ4n) is 1.41. The molecule has 0 saturated carbocycles. The number of amidine groups is 1. The van der Waals surface area contributed by atoms with Crippen molar-refractivity contribution in [1.82, 2.24) is 0 Å². The molecule has 0 N–H and O–H groups in total. The highest BCUT2D eigenvalue weighted by Crippen LogP contribution is 2.18. The molecule has 4 heteroatoms. The van der Waals surface area contributed by atoms with Crippen molar-refractivity contribution in [1.29, 1.82) is 5.26 Å². The summed E-state index contributed by atoms with van der Waals surface area (Å²) in [4.78, 5) is 5.84. The van der Waals surface area contributed by atoms with Crippen LogP contribution in [0.2, 0.25) is 0 Å². The molecule has 0 aliphatic heterocycles. The number of thioether (sulfide) groups is 1. The van der Waals surface area contributed by atoms with Crippen LogP contribution in [0.3, 0.4) is 0 Å². The molecular weight excluding hydrogens is 218 g/mol. The molecule has 1 aromatic carbocycles. The first kappa shape index (κ1) is 12.6. The molecule has 0 aliphatic rings. The van der Waals surface area contributed by atoms with E-state index in [1.807, 2.05) is 36.4 Å². The number of hydrogen-bond acceptors (Lipinski definition) is 3. The van der Waals surface area contributed by atoms with Crippen molar-refractivity contribution in [2.24, 2.45) is 4.99 Å². The highest BCUT2D eigenvalue weighted by atomic mass is 32.2. The summed E-state index contributed by atoms with van der Waals surface area (Å²) in [5, 5.41) is 9.36. The Bertz CT molecular complexity index is 403. The molecule has 0 unspecified atom stereocenters. The summed E-state index contributed by atoms with van der Waals surface area (Å²) in [5.74, 6) is 0. The van der Waals surface area contributed by atoms with Gasteiger partial charge in [-0.3, -0.25) is 0 Å². The van der Waals surface area contributed by atoms with Crippen molar-refractivity contribution in [3.8, 4) is 6.19 Å². The second-order valence-corrected chi connectivity index (χ2v) is 4.05. The summed E-state index contributed by atoms with van der Waals surface area (Å²) in [6.07, 6.45) is 3.76. The number of anilines is 1. The monoisotopic (exact) mass is 233 g/mol. The minimum Gasteiger partial charge on any atom is -0.321 e. The Hall–Kier alpha value is -1.47. The maximum Gasteiger partial charge on any atom is 0.208 e. The largest absolute Gasteiger partial charge is 0.321 e. The number of benzene rings is 1. The van der Waals surface area contributed by atoms with E-state index >= 15 is 0 Å². The van der Waals surface area contributed by atoms with Crippen LogP contribution in [0.1, 0.15) is 12.5 Å². The van der Waals surface area contributed by atoms with Crippen molar-refractivity contribution in [3.63, 3.8) is 0 Å². The first-order valence-electron chi connectivity index (χ1n) is 5.08. The van der Waals surface area contributed by atoms with Gasteiger partial charge in [-0.05, 0) is 32.2 Å². The molecule has 0 bridgehead atoms. The van der Waals surface area contributed by atoms with Crippen LogP contribution in [0.15, 0.2) is 29.3 Å². The number of aryl methyl sites for hydroxylation is 1. The van der Waals surface area contributed by atoms with Crippen molar-refractivity contribution in [2.75, 3.05) is 17.7 Å². The molecule has 0 amide bonds. The van der Waals surface area contributed by atoms with Crippen LogP contribution in [-0.4, -0.2) is 18.0 Å². The van der Waals surface area contributed by atoms with Crippen molar-refractivity contribution < 1.29 is 0 Å². The van der Waals surface area contributed by atoms with Gasteiger partial charge in [0.25, 0.3) is 0 Å².